The molecule has 0 spiro atoms. The highest BCUT2D eigenvalue weighted by Crippen LogP contribution is 2.32. The first-order chi connectivity index (χ1) is 13.4. The number of aromatic nitrogens is 3. The van der Waals surface area contributed by atoms with Crippen molar-refractivity contribution in [3.63, 3.8) is 0 Å². The van der Waals surface area contributed by atoms with Crippen molar-refractivity contribution in [3.8, 4) is 0 Å². The van der Waals surface area contributed by atoms with Crippen LogP contribution in [0, 0.1) is 0 Å². The zero-order valence-electron chi connectivity index (χ0n) is 15.2. The molecule has 3 heterocycles. The highest BCUT2D eigenvalue weighted by atomic mass is 19.4. The summed E-state index contributed by atoms with van der Waals surface area (Å²) in [5.74, 6) is -0.508. The molecule has 0 aromatic carbocycles. The van der Waals surface area contributed by atoms with Crippen LogP contribution >= 0.6 is 0 Å². The van der Waals surface area contributed by atoms with Crippen LogP contribution in [0.4, 0.5) is 32.0 Å². The molecule has 2 aromatic heterocycles. The summed E-state index contributed by atoms with van der Waals surface area (Å²) in [5.41, 5.74) is -1.55. The number of halogens is 6. The molecule has 12 heteroatoms. The van der Waals surface area contributed by atoms with E-state index < -0.39 is 29.5 Å². The highest BCUT2D eigenvalue weighted by Gasteiger charge is 2.35. The molecule has 3 rings (SSSR count). The largest absolute Gasteiger partial charge is 0.433 e. The minimum Gasteiger partial charge on any atom is -0.368 e. The Kier molecular flexibility index (Phi) is 5.46. The molecule has 158 valence electrons. The Balaban J connectivity index is 1.58. The number of hydrogen-bond acceptors (Lipinski definition) is 4. The van der Waals surface area contributed by atoms with Gasteiger partial charge in [-0.2, -0.15) is 31.4 Å². The Hall–Kier alpha value is -2.79. The van der Waals surface area contributed by atoms with Crippen molar-refractivity contribution in [2.24, 2.45) is 7.05 Å². The second-order valence-corrected chi connectivity index (χ2v) is 6.75. The number of hydrogen-bond donors (Lipinski definition) is 1. The van der Waals surface area contributed by atoms with Crippen LogP contribution < -0.4 is 10.2 Å². The maximum Gasteiger partial charge on any atom is 0.433 e. The fraction of sp³-hybridized carbons (Fsp3) is 0.471. The molecule has 1 aliphatic heterocycles. The lowest BCUT2D eigenvalue weighted by atomic mass is 10.2. The van der Waals surface area contributed by atoms with Gasteiger partial charge in [-0.1, -0.05) is 0 Å². The van der Waals surface area contributed by atoms with Gasteiger partial charge in [0.05, 0.1) is 29.6 Å². The van der Waals surface area contributed by atoms with Crippen molar-refractivity contribution in [3.05, 3.63) is 41.5 Å². The van der Waals surface area contributed by atoms with Gasteiger partial charge in [-0.15, -0.1) is 0 Å². The first kappa shape index (κ1) is 20.9. The predicted molar refractivity (Wildman–Crippen MR) is 89.9 cm³/mol. The van der Waals surface area contributed by atoms with Crippen LogP contribution in [0.3, 0.4) is 0 Å². The summed E-state index contributed by atoms with van der Waals surface area (Å²) in [4.78, 5) is 17.4. The van der Waals surface area contributed by atoms with E-state index in [1.807, 2.05) is 0 Å². The van der Waals surface area contributed by atoms with Gasteiger partial charge in [0, 0.05) is 32.4 Å². The quantitative estimate of drug-likeness (QED) is 0.772. The monoisotopic (exact) mass is 421 g/mol. The molecule has 1 saturated heterocycles. The number of alkyl halides is 6. The van der Waals surface area contributed by atoms with E-state index in [1.165, 1.54) is 6.20 Å². The van der Waals surface area contributed by atoms with E-state index in [9.17, 15) is 31.1 Å². The van der Waals surface area contributed by atoms with Gasteiger partial charge in [0.2, 0.25) is 5.91 Å². The third-order valence-corrected chi connectivity index (χ3v) is 4.53. The Bertz CT molecular complexity index is 891. The lowest BCUT2D eigenvalue weighted by molar-refractivity contribution is -0.143. The molecule has 0 radical (unpaired) electrons. The fourth-order valence-electron chi connectivity index (χ4n) is 3.19. The molecular weight excluding hydrogens is 404 g/mol. The molecule has 0 aliphatic carbocycles. The Morgan fingerprint density at radius 2 is 1.90 bits per heavy atom. The molecule has 6 nitrogen and oxygen atoms in total. The maximum absolute atomic E-state index is 12.8. The van der Waals surface area contributed by atoms with Crippen LogP contribution in [0.15, 0.2) is 24.5 Å². The third-order valence-electron chi connectivity index (χ3n) is 4.53. The van der Waals surface area contributed by atoms with Gasteiger partial charge < -0.3 is 10.2 Å². The number of rotatable bonds is 4. The molecule has 2 aromatic rings. The average molecular weight is 421 g/mol. The van der Waals surface area contributed by atoms with Crippen LogP contribution in [0.25, 0.3) is 0 Å². The standard InChI is InChI=1S/C17H17F6N5O/c1-27-14(17(21,22)23)5-12(26-27)6-15(29)25-11-2-3-28(9-11)13-4-10(7-24-8-13)16(18,19)20/h4-5,7-8,11H,2-3,6,9H2,1H3,(H,25,29). The summed E-state index contributed by atoms with van der Waals surface area (Å²) in [6, 6.07) is 1.46. The van der Waals surface area contributed by atoms with Crippen molar-refractivity contribution in [1.82, 2.24) is 20.1 Å². The summed E-state index contributed by atoms with van der Waals surface area (Å²) < 4.78 is 77.5. The van der Waals surface area contributed by atoms with E-state index in [0.717, 1.165) is 25.4 Å². The van der Waals surface area contributed by atoms with Crippen LogP contribution in [0.2, 0.25) is 0 Å². The minimum absolute atomic E-state index is 0.0192. The van der Waals surface area contributed by atoms with E-state index in [1.54, 1.807) is 4.90 Å². The van der Waals surface area contributed by atoms with E-state index in [0.29, 0.717) is 17.6 Å². The summed E-state index contributed by atoms with van der Waals surface area (Å²) in [5, 5.41) is 6.38. The molecular formula is C17H17F6N5O. The van der Waals surface area contributed by atoms with Crippen LogP contribution in [0.1, 0.15) is 23.4 Å². The number of aryl methyl sites for hydroxylation is 1. The van der Waals surface area contributed by atoms with Gasteiger partial charge in [-0.3, -0.25) is 14.5 Å². The summed E-state index contributed by atoms with van der Waals surface area (Å²) in [7, 11) is 1.14. The molecule has 1 fully saturated rings. The van der Waals surface area contributed by atoms with Crippen LogP contribution in [0.5, 0.6) is 0 Å². The molecule has 1 N–H and O–H groups in total. The second kappa shape index (κ2) is 7.56. The number of anilines is 1. The van der Waals surface area contributed by atoms with Crippen molar-refractivity contribution in [1.29, 1.82) is 0 Å². The summed E-state index contributed by atoms with van der Waals surface area (Å²) in [6.07, 6.45) is -6.87. The fourth-order valence-corrected chi connectivity index (χ4v) is 3.19. The van der Waals surface area contributed by atoms with Crippen molar-refractivity contribution < 1.29 is 31.1 Å². The van der Waals surface area contributed by atoms with E-state index in [4.69, 9.17) is 0 Å². The molecule has 0 bridgehead atoms. The van der Waals surface area contributed by atoms with E-state index in [-0.39, 0.29) is 30.4 Å². The molecule has 1 atom stereocenters. The minimum atomic E-state index is -4.57. The molecule has 29 heavy (non-hydrogen) atoms. The van der Waals surface area contributed by atoms with Crippen LogP contribution in [-0.2, 0) is 30.6 Å². The van der Waals surface area contributed by atoms with Crippen LogP contribution in [-0.4, -0.2) is 39.8 Å². The zero-order chi connectivity index (χ0) is 21.4. The maximum atomic E-state index is 12.8. The second-order valence-electron chi connectivity index (χ2n) is 6.75. The third kappa shape index (κ3) is 4.98. The Morgan fingerprint density at radius 1 is 1.17 bits per heavy atom. The van der Waals surface area contributed by atoms with E-state index >= 15 is 0 Å². The molecule has 1 unspecified atom stereocenters. The lowest BCUT2D eigenvalue weighted by Gasteiger charge is -2.19. The van der Waals surface area contributed by atoms with Gasteiger partial charge in [0.25, 0.3) is 0 Å². The number of carbonyl (C=O) groups excluding carboxylic acids is 1. The van der Waals surface area contributed by atoms with Crippen molar-refractivity contribution >= 4 is 11.6 Å². The Labute approximate surface area is 161 Å². The van der Waals surface area contributed by atoms with Gasteiger partial charge in [0.15, 0.2) is 0 Å². The van der Waals surface area contributed by atoms with Gasteiger partial charge in [0.1, 0.15) is 5.69 Å². The van der Waals surface area contributed by atoms with E-state index in [2.05, 4.69) is 15.4 Å². The Morgan fingerprint density at radius 3 is 2.52 bits per heavy atom. The van der Waals surface area contributed by atoms with Gasteiger partial charge >= 0.3 is 12.4 Å². The molecule has 1 amide bonds. The number of pyridine rings is 1. The summed E-state index contributed by atoms with van der Waals surface area (Å²) in [6.45, 7) is 0.681. The zero-order valence-corrected chi connectivity index (χ0v) is 15.2. The smallest absolute Gasteiger partial charge is 0.368 e. The number of amides is 1. The lowest BCUT2D eigenvalue weighted by Crippen LogP contribution is -2.38. The average Bonchev–Trinajstić information content (AvgIpc) is 3.20. The van der Waals surface area contributed by atoms with Gasteiger partial charge in [-0.05, 0) is 18.6 Å². The molecule has 1 aliphatic rings. The number of carbonyl (C=O) groups is 1. The number of nitrogens with one attached hydrogen (secondary N) is 1. The topological polar surface area (TPSA) is 63.1 Å². The first-order valence-corrected chi connectivity index (χ1v) is 8.60. The van der Waals surface area contributed by atoms with Crippen molar-refractivity contribution in [2.45, 2.75) is 31.2 Å². The predicted octanol–water partition coefficient (Wildman–Crippen LogP) is 2.79. The SMILES string of the molecule is Cn1nc(CC(=O)NC2CCN(c3cncc(C(F)(F)F)c3)C2)cc1C(F)(F)F. The van der Waals surface area contributed by atoms with Crippen molar-refractivity contribution in [2.75, 3.05) is 18.0 Å². The summed E-state index contributed by atoms with van der Waals surface area (Å²) >= 11 is 0. The first-order valence-electron chi connectivity index (χ1n) is 8.60. The normalized spacial score (nSPS) is 17.6. The van der Waals surface area contributed by atoms with Gasteiger partial charge in [-0.25, -0.2) is 0 Å². The highest BCUT2D eigenvalue weighted by molar-refractivity contribution is 5.78. The number of nitrogens with zero attached hydrogens (tertiary/aromatic N) is 4. The molecule has 0 saturated carbocycles.